The Balaban J connectivity index is 1.97. The van der Waals surface area contributed by atoms with Gasteiger partial charge in [-0.25, -0.2) is 13.3 Å². The van der Waals surface area contributed by atoms with E-state index in [1.165, 1.54) is 18.2 Å². The summed E-state index contributed by atoms with van der Waals surface area (Å²) in [5, 5.41) is 0. The first-order valence-corrected chi connectivity index (χ1v) is 10.3. The molecule has 2 aromatic rings. The van der Waals surface area contributed by atoms with Gasteiger partial charge in [-0.1, -0.05) is 41.5 Å². The first-order valence-electron chi connectivity index (χ1n) is 8.88. The van der Waals surface area contributed by atoms with Crippen LogP contribution in [0.1, 0.15) is 17.5 Å². The maximum atomic E-state index is 13.2. The number of rotatable bonds is 6. The zero-order chi connectivity index (χ0) is 20.5. The summed E-state index contributed by atoms with van der Waals surface area (Å²) in [7, 11) is -3.97. The van der Waals surface area contributed by atoms with Crippen LogP contribution in [0.3, 0.4) is 0 Å². The number of imide groups is 1. The number of carbonyl (C=O) groups is 2. The highest BCUT2D eigenvalue weighted by Crippen LogP contribution is 2.29. The van der Waals surface area contributed by atoms with Crippen LogP contribution >= 0.6 is 0 Å². The molecule has 3 rings (SSSR count). The molecule has 1 aliphatic rings. The average molecular weight is 398 g/mol. The van der Waals surface area contributed by atoms with Crippen LogP contribution in [0.2, 0.25) is 0 Å². The van der Waals surface area contributed by atoms with Crippen LogP contribution in [0, 0.1) is 13.8 Å². The van der Waals surface area contributed by atoms with E-state index < -0.39 is 27.9 Å². The van der Waals surface area contributed by atoms with Gasteiger partial charge in [0.2, 0.25) is 15.9 Å². The molecule has 28 heavy (non-hydrogen) atoms. The van der Waals surface area contributed by atoms with Crippen LogP contribution in [0.5, 0.6) is 0 Å². The summed E-state index contributed by atoms with van der Waals surface area (Å²) in [4.78, 5) is 26.7. The minimum Gasteiger partial charge on any atom is -0.274 e. The Bertz CT molecular complexity index is 1010. The number of hydrogen-bond acceptors (Lipinski definition) is 4. The summed E-state index contributed by atoms with van der Waals surface area (Å²) >= 11 is 0. The summed E-state index contributed by atoms with van der Waals surface area (Å²) < 4.78 is 27.4. The number of nitrogens with zero attached hydrogens (tertiary/aromatic N) is 2. The maximum absolute atomic E-state index is 13.2. The number of carbonyl (C=O) groups excluding carboxylic acids is 2. The van der Waals surface area contributed by atoms with Crippen molar-refractivity contribution in [1.82, 2.24) is 4.31 Å². The molecule has 2 amide bonds. The second-order valence-electron chi connectivity index (χ2n) is 6.80. The van der Waals surface area contributed by atoms with Gasteiger partial charge in [-0.3, -0.25) is 9.59 Å². The van der Waals surface area contributed by atoms with Crippen LogP contribution < -0.4 is 4.90 Å². The summed E-state index contributed by atoms with van der Waals surface area (Å²) in [6, 6.07) is 12.2. The van der Waals surface area contributed by atoms with Gasteiger partial charge in [0.15, 0.2) is 0 Å². The first kappa shape index (κ1) is 20.0. The van der Waals surface area contributed by atoms with Gasteiger partial charge in [0, 0.05) is 6.54 Å². The minimum atomic E-state index is -3.97. The molecule has 0 saturated carbocycles. The number of benzene rings is 2. The number of hydrogen-bond donors (Lipinski definition) is 0. The fraction of sp³-hybridized carbons (Fsp3) is 0.238. The predicted molar refractivity (Wildman–Crippen MR) is 107 cm³/mol. The highest BCUT2D eigenvalue weighted by Gasteiger charge is 2.46. The molecule has 1 aliphatic heterocycles. The van der Waals surface area contributed by atoms with Gasteiger partial charge >= 0.3 is 0 Å². The van der Waals surface area contributed by atoms with Crippen molar-refractivity contribution in [3.05, 3.63) is 72.3 Å². The summed E-state index contributed by atoms with van der Waals surface area (Å²) in [6.07, 6.45) is 1.21. The lowest BCUT2D eigenvalue weighted by Gasteiger charge is -2.25. The number of aryl methyl sites for hydroxylation is 2. The zero-order valence-corrected chi connectivity index (χ0v) is 16.6. The van der Waals surface area contributed by atoms with Gasteiger partial charge in [0.25, 0.3) is 5.91 Å². The van der Waals surface area contributed by atoms with Crippen LogP contribution in [0.15, 0.2) is 66.1 Å². The van der Waals surface area contributed by atoms with Crippen LogP contribution in [-0.4, -0.2) is 37.1 Å². The summed E-state index contributed by atoms with van der Waals surface area (Å²) in [5.74, 6) is -0.974. The van der Waals surface area contributed by atoms with Crippen LogP contribution in [-0.2, 0) is 19.6 Å². The molecule has 0 radical (unpaired) electrons. The molecule has 0 spiro atoms. The second-order valence-corrected chi connectivity index (χ2v) is 8.69. The van der Waals surface area contributed by atoms with Crippen molar-refractivity contribution in [2.24, 2.45) is 0 Å². The molecule has 0 N–H and O–H groups in total. The Morgan fingerprint density at radius 3 is 2.11 bits per heavy atom. The normalized spacial score (nSPS) is 17.4. The molecular formula is C21H22N2O4S. The van der Waals surface area contributed by atoms with E-state index in [0.717, 1.165) is 20.3 Å². The van der Waals surface area contributed by atoms with E-state index in [-0.39, 0.29) is 17.9 Å². The Hall–Kier alpha value is -2.77. The van der Waals surface area contributed by atoms with Crippen molar-refractivity contribution >= 4 is 27.5 Å². The van der Waals surface area contributed by atoms with Crippen molar-refractivity contribution in [1.29, 1.82) is 0 Å². The van der Waals surface area contributed by atoms with E-state index in [0.29, 0.717) is 5.69 Å². The molecule has 1 atom stereocenters. The van der Waals surface area contributed by atoms with E-state index in [1.807, 2.05) is 13.8 Å². The fourth-order valence-electron chi connectivity index (χ4n) is 3.17. The third-order valence-corrected chi connectivity index (χ3v) is 6.59. The average Bonchev–Trinajstić information content (AvgIpc) is 2.95. The number of amides is 2. The van der Waals surface area contributed by atoms with Gasteiger partial charge < -0.3 is 0 Å². The SMILES string of the molecule is C=CCN(C1CC(=O)N(c2ccc(C)cc2)C1=O)S(=O)(=O)c1ccc(C)cc1. The second kappa shape index (κ2) is 7.69. The Labute approximate surface area is 165 Å². The summed E-state index contributed by atoms with van der Waals surface area (Å²) in [5.41, 5.74) is 2.36. The number of anilines is 1. The van der Waals surface area contributed by atoms with Crippen molar-refractivity contribution < 1.29 is 18.0 Å². The minimum absolute atomic E-state index is 0.0678. The largest absolute Gasteiger partial charge is 0.274 e. The Morgan fingerprint density at radius 2 is 1.57 bits per heavy atom. The molecule has 1 saturated heterocycles. The molecule has 0 aliphatic carbocycles. The third kappa shape index (κ3) is 3.63. The lowest BCUT2D eigenvalue weighted by Crippen LogP contribution is -2.45. The predicted octanol–water partition coefficient (Wildman–Crippen LogP) is 2.81. The van der Waals surface area contributed by atoms with E-state index in [2.05, 4.69) is 6.58 Å². The van der Waals surface area contributed by atoms with E-state index in [1.54, 1.807) is 36.4 Å². The van der Waals surface area contributed by atoms with E-state index in [9.17, 15) is 18.0 Å². The van der Waals surface area contributed by atoms with Crippen molar-refractivity contribution in [2.75, 3.05) is 11.4 Å². The molecule has 6 nitrogen and oxygen atoms in total. The monoisotopic (exact) mass is 398 g/mol. The lowest BCUT2D eigenvalue weighted by atomic mass is 10.2. The Kier molecular flexibility index (Phi) is 5.49. The van der Waals surface area contributed by atoms with Crippen molar-refractivity contribution in [2.45, 2.75) is 31.2 Å². The Morgan fingerprint density at radius 1 is 1.04 bits per heavy atom. The fourth-order valence-corrected chi connectivity index (χ4v) is 4.72. The molecule has 0 aromatic heterocycles. The molecule has 1 fully saturated rings. The van der Waals surface area contributed by atoms with Gasteiger partial charge in [0.05, 0.1) is 17.0 Å². The molecule has 1 unspecified atom stereocenters. The van der Waals surface area contributed by atoms with Gasteiger partial charge in [-0.05, 0) is 38.1 Å². The van der Waals surface area contributed by atoms with Crippen molar-refractivity contribution in [3.8, 4) is 0 Å². The standard InChI is InChI=1S/C21H22N2O4S/c1-4-13-22(28(26,27)18-11-7-16(3)8-12-18)19-14-20(24)23(21(19)25)17-9-5-15(2)6-10-17/h4-12,19H,1,13-14H2,2-3H3. The topological polar surface area (TPSA) is 74.8 Å². The molecule has 7 heteroatoms. The van der Waals surface area contributed by atoms with E-state index >= 15 is 0 Å². The molecule has 2 aromatic carbocycles. The zero-order valence-electron chi connectivity index (χ0n) is 15.8. The highest BCUT2D eigenvalue weighted by molar-refractivity contribution is 7.89. The quantitative estimate of drug-likeness (QED) is 0.554. The maximum Gasteiger partial charge on any atom is 0.252 e. The van der Waals surface area contributed by atoms with Crippen LogP contribution in [0.4, 0.5) is 5.69 Å². The first-order chi connectivity index (χ1) is 13.3. The molecular weight excluding hydrogens is 376 g/mol. The molecule has 1 heterocycles. The molecule has 146 valence electrons. The third-order valence-electron chi connectivity index (χ3n) is 4.70. The van der Waals surface area contributed by atoms with Gasteiger partial charge in [-0.2, -0.15) is 4.31 Å². The number of sulfonamides is 1. The highest BCUT2D eigenvalue weighted by atomic mass is 32.2. The lowest BCUT2D eigenvalue weighted by molar-refractivity contribution is -0.122. The summed E-state index contributed by atoms with van der Waals surface area (Å²) in [6.45, 7) is 7.30. The van der Waals surface area contributed by atoms with Crippen LogP contribution in [0.25, 0.3) is 0 Å². The van der Waals surface area contributed by atoms with E-state index in [4.69, 9.17) is 0 Å². The van der Waals surface area contributed by atoms with Gasteiger partial charge in [0.1, 0.15) is 6.04 Å². The molecule has 0 bridgehead atoms. The van der Waals surface area contributed by atoms with Gasteiger partial charge in [-0.15, -0.1) is 6.58 Å². The smallest absolute Gasteiger partial charge is 0.252 e. The van der Waals surface area contributed by atoms with Crippen molar-refractivity contribution in [3.63, 3.8) is 0 Å².